The van der Waals surface area contributed by atoms with E-state index in [1.165, 1.54) is 4.90 Å². The van der Waals surface area contributed by atoms with E-state index in [9.17, 15) is 4.79 Å². The summed E-state index contributed by atoms with van der Waals surface area (Å²) in [6, 6.07) is 8.06. The van der Waals surface area contributed by atoms with Crippen LogP contribution >= 0.6 is 40.1 Å². The highest BCUT2D eigenvalue weighted by Crippen LogP contribution is 2.24. The number of nitrogens with one attached hydrogen (secondary N) is 1. The molecule has 0 aliphatic heterocycles. The molecule has 0 saturated carbocycles. The lowest BCUT2D eigenvalue weighted by atomic mass is 10.0. The van der Waals surface area contributed by atoms with Crippen molar-refractivity contribution in [1.82, 2.24) is 5.32 Å². The molecule has 1 rings (SSSR count). The fraction of sp³-hybridized carbons (Fsp3) is 0.500. The molecule has 1 aromatic rings. The van der Waals surface area contributed by atoms with Gasteiger partial charge in [0, 0.05) is 33.1 Å². The average molecular weight is 382 g/mol. The summed E-state index contributed by atoms with van der Waals surface area (Å²) >= 11 is 5.16. The number of benzene rings is 1. The summed E-state index contributed by atoms with van der Waals surface area (Å²) in [6.07, 6.45) is 0. The van der Waals surface area contributed by atoms with Crippen molar-refractivity contribution in [2.45, 2.75) is 37.0 Å². The molecular weight excluding hydrogens is 360 g/mol. The van der Waals surface area contributed by atoms with Crippen molar-refractivity contribution in [3.63, 3.8) is 0 Å². The van der Waals surface area contributed by atoms with Crippen LogP contribution in [0, 0.1) is 5.92 Å². The molecule has 0 aliphatic rings. The van der Waals surface area contributed by atoms with Gasteiger partial charge in [-0.15, -0.1) is 24.2 Å². The Labute approximate surface area is 140 Å². The number of amides is 1. The van der Waals surface area contributed by atoms with Crippen molar-refractivity contribution in [2.24, 2.45) is 11.7 Å². The Morgan fingerprint density at radius 1 is 1.30 bits per heavy atom. The van der Waals surface area contributed by atoms with Crippen LogP contribution < -0.4 is 11.1 Å². The van der Waals surface area contributed by atoms with Crippen LogP contribution in [0.5, 0.6) is 0 Å². The minimum absolute atomic E-state index is 0. The van der Waals surface area contributed by atoms with Gasteiger partial charge in [-0.05, 0) is 31.2 Å². The fourth-order valence-corrected chi connectivity index (χ4v) is 2.62. The van der Waals surface area contributed by atoms with Crippen LogP contribution in [-0.2, 0) is 4.79 Å². The van der Waals surface area contributed by atoms with Crippen molar-refractivity contribution in [1.29, 1.82) is 0 Å². The first-order chi connectivity index (χ1) is 8.90. The number of rotatable bonds is 6. The molecule has 3 atom stereocenters. The lowest BCUT2D eigenvalue weighted by Crippen LogP contribution is -2.40. The van der Waals surface area contributed by atoms with Crippen LogP contribution in [-0.4, -0.2) is 23.7 Å². The van der Waals surface area contributed by atoms with Gasteiger partial charge in [-0.25, -0.2) is 0 Å². The van der Waals surface area contributed by atoms with Crippen LogP contribution in [0.15, 0.2) is 33.6 Å². The molecule has 3 nitrogen and oxygen atoms in total. The van der Waals surface area contributed by atoms with E-state index in [1.54, 1.807) is 11.8 Å². The number of thioether (sulfide) groups is 1. The Bertz CT molecular complexity index is 414. The Kier molecular flexibility index (Phi) is 9.55. The van der Waals surface area contributed by atoms with Gasteiger partial charge in [0.1, 0.15) is 0 Å². The summed E-state index contributed by atoms with van der Waals surface area (Å²) in [7, 11) is 0. The first kappa shape index (κ1) is 19.8. The average Bonchev–Trinajstić information content (AvgIpc) is 2.37. The van der Waals surface area contributed by atoms with Crippen LogP contribution in [0.3, 0.4) is 0 Å². The summed E-state index contributed by atoms with van der Waals surface area (Å²) < 4.78 is 1.07. The number of hydrogen-bond donors (Lipinski definition) is 2. The topological polar surface area (TPSA) is 55.1 Å². The predicted octanol–water partition coefficient (Wildman–Crippen LogP) is 3.45. The lowest BCUT2D eigenvalue weighted by Gasteiger charge is -2.17. The van der Waals surface area contributed by atoms with E-state index in [4.69, 9.17) is 5.73 Å². The van der Waals surface area contributed by atoms with E-state index < -0.39 is 0 Å². The largest absolute Gasteiger partial charge is 0.355 e. The Morgan fingerprint density at radius 3 is 2.35 bits per heavy atom. The minimum atomic E-state index is -0.148. The van der Waals surface area contributed by atoms with Gasteiger partial charge in [0.2, 0.25) is 5.91 Å². The molecule has 0 radical (unpaired) electrons. The first-order valence-corrected chi connectivity index (χ1v) is 8.03. The molecular formula is C14H22BrClN2OS. The summed E-state index contributed by atoms with van der Waals surface area (Å²) in [4.78, 5) is 13.0. The Morgan fingerprint density at radius 2 is 1.85 bits per heavy atom. The second kappa shape index (κ2) is 9.66. The van der Waals surface area contributed by atoms with Crippen LogP contribution in [0.4, 0.5) is 0 Å². The summed E-state index contributed by atoms with van der Waals surface area (Å²) in [6.45, 7) is 6.46. The van der Waals surface area contributed by atoms with Crippen molar-refractivity contribution < 1.29 is 4.79 Å². The number of halogens is 2. The molecule has 20 heavy (non-hydrogen) atoms. The monoisotopic (exact) mass is 380 g/mol. The lowest BCUT2D eigenvalue weighted by molar-refractivity contribution is -0.124. The molecule has 0 saturated heterocycles. The molecule has 114 valence electrons. The van der Waals surface area contributed by atoms with Gasteiger partial charge in [0.25, 0.3) is 0 Å². The normalized spacial score (nSPS) is 14.8. The van der Waals surface area contributed by atoms with E-state index in [0.29, 0.717) is 11.8 Å². The smallest absolute Gasteiger partial charge is 0.224 e. The number of carbonyl (C=O) groups is 1. The molecule has 0 bridgehead atoms. The highest BCUT2D eigenvalue weighted by Gasteiger charge is 2.17. The standard InChI is InChI=1S/C14H21BrN2OS.ClH/c1-9(8-17-14(18)10(2)11(3)16)19-13-6-4-12(15)5-7-13;/h4-7,9-11H,8,16H2,1-3H3,(H,17,18);1H. The molecule has 6 heteroatoms. The Hall–Kier alpha value is -0.230. The number of hydrogen-bond acceptors (Lipinski definition) is 3. The van der Waals surface area contributed by atoms with E-state index in [-0.39, 0.29) is 30.3 Å². The molecule has 1 aromatic carbocycles. The van der Waals surface area contributed by atoms with E-state index in [2.05, 4.69) is 40.3 Å². The maximum absolute atomic E-state index is 11.8. The predicted molar refractivity (Wildman–Crippen MR) is 92.5 cm³/mol. The van der Waals surface area contributed by atoms with Gasteiger partial charge in [0.15, 0.2) is 0 Å². The third-order valence-electron chi connectivity index (χ3n) is 2.92. The quantitative estimate of drug-likeness (QED) is 0.742. The maximum Gasteiger partial charge on any atom is 0.224 e. The molecule has 3 N–H and O–H groups in total. The van der Waals surface area contributed by atoms with Gasteiger partial charge >= 0.3 is 0 Å². The van der Waals surface area contributed by atoms with E-state index in [0.717, 1.165) is 4.47 Å². The van der Waals surface area contributed by atoms with E-state index >= 15 is 0 Å². The van der Waals surface area contributed by atoms with E-state index in [1.807, 2.05) is 26.0 Å². The zero-order valence-electron chi connectivity index (χ0n) is 11.9. The first-order valence-electron chi connectivity index (χ1n) is 6.35. The van der Waals surface area contributed by atoms with Gasteiger partial charge in [-0.2, -0.15) is 0 Å². The molecule has 0 aromatic heterocycles. The van der Waals surface area contributed by atoms with Crippen molar-refractivity contribution in [2.75, 3.05) is 6.54 Å². The minimum Gasteiger partial charge on any atom is -0.355 e. The third-order valence-corrected chi connectivity index (χ3v) is 4.56. The third kappa shape index (κ3) is 6.97. The van der Waals surface area contributed by atoms with Gasteiger partial charge < -0.3 is 11.1 Å². The second-order valence-electron chi connectivity index (χ2n) is 4.78. The highest BCUT2D eigenvalue weighted by molar-refractivity contribution is 9.10. The van der Waals surface area contributed by atoms with Gasteiger partial charge in [0.05, 0.1) is 0 Å². The molecule has 0 heterocycles. The number of carbonyl (C=O) groups excluding carboxylic acids is 1. The maximum atomic E-state index is 11.8. The highest BCUT2D eigenvalue weighted by atomic mass is 79.9. The fourth-order valence-electron chi connectivity index (χ4n) is 1.43. The van der Waals surface area contributed by atoms with Crippen LogP contribution in [0.2, 0.25) is 0 Å². The SMILES string of the molecule is CC(CNC(=O)C(C)C(C)N)Sc1ccc(Br)cc1.Cl. The number of nitrogens with two attached hydrogens (primary N) is 1. The molecule has 0 aliphatic carbocycles. The summed E-state index contributed by atoms with van der Waals surface area (Å²) in [5, 5.41) is 3.27. The van der Waals surface area contributed by atoms with Crippen molar-refractivity contribution in [3.05, 3.63) is 28.7 Å². The summed E-state index contributed by atoms with van der Waals surface area (Å²) in [5.41, 5.74) is 5.71. The zero-order chi connectivity index (χ0) is 14.4. The summed E-state index contributed by atoms with van der Waals surface area (Å²) in [5.74, 6) is -0.122. The molecule has 1 amide bonds. The van der Waals surface area contributed by atoms with Crippen LogP contribution in [0.25, 0.3) is 0 Å². The molecule has 0 fully saturated rings. The molecule has 0 spiro atoms. The van der Waals surface area contributed by atoms with Crippen molar-refractivity contribution in [3.8, 4) is 0 Å². The van der Waals surface area contributed by atoms with Crippen LogP contribution in [0.1, 0.15) is 20.8 Å². The zero-order valence-corrected chi connectivity index (χ0v) is 15.1. The van der Waals surface area contributed by atoms with Gasteiger partial charge in [-0.3, -0.25) is 4.79 Å². The second-order valence-corrected chi connectivity index (χ2v) is 7.20. The van der Waals surface area contributed by atoms with Crippen molar-refractivity contribution >= 4 is 46.0 Å². The Balaban J connectivity index is 0.00000361. The molecule has 3 unspecified atom stereocenters. The van der Waals surface area contributed by atoms with Gasteiger partial charge in [-0.1, -0.05) is 29.8 Å².